The highest BCUT2D eigenvalue weighted by atomic mass is 16.2. The number of carbonyl (C=O) groups is 2. The molecular weight excluding hydrogens is 418 g/mol. The second kappa shape index (κ2) is 8.10. The fourth-order valence-corrected chi connectivity index (χ4v) is 3.74. The molecule has 2 heterocycles. The molecule has 0 unspecified atom stereocenters. The predicted octanol–water partition coefficient (Wildman–Crippen LogP) is 3.36. The van der Waals surface area contributed by atoms with Crippen LogP contribution < -0.4 is 11.6 Å². The normalized spacial score (nSPS) is 11.5. The van der Waals surface area contributed by atoms with E-state index >= 15 is 0 Å². The number of hydrogen-bond donors (Lipinski definition) is 2. The summed E-state index contributed by atoms with van der Waals surface area (Å²) in [4.78, 5) is 37.7. The van der Waals surface area contributed by atoms with Crippen LogP contribution in [0.4, 0.5) is 5.95 Å². The quantitative estimate of drug-likeness (QED) is 0.282. The molecule has 0 bridgehead atoms. The number of amides is 2. The number of nitrogens with two attached hydrogens (primary N) is 2. The van der Waals surface area contributed by atoms with Gasteiger partial charge in [0.25, 0.3) is 5.91 Å². The lowest BCUT2D eigenvalue weighted by molar-refractivity contribution is -0.126. The van der Waals surface area contributed by atoms with E-state index in [2.05, 4.69) is 35.3 Å². The standard InChI is InChI=1S/C24H25N7O2/c1-14(32)31(26)22(33)18-8-6-5-7-17(18)21-29-19-11-15(16-12-27-23(25)28-13-16)9-10-20(19)30(21)24(2,3)4/h5-13H,26H2,1-4H3,(H2,25,27,28). The van der Waals surface area contributed by atoms with Gasteiger partial charge in [0.15, 0.2) is 0 Å². The van der Waals surface area contributed by atoms with Crippen molar-refractivity contribution in [2.24, 2.45) is 5.84 Å². The second-order valence-electron chi connectivity index (χ2n) is 8.71. The van der Waals surface area contributed by atoms with Crippen LogP contribution in [0.2, 0.25) is 0 Å². The Labute approximate surface area is 191 Å². The fraction of sp³-hybridized carbons (Fsp3) is 0.208. The molecule has 0 aliphatic carbocycles. The summed E-state index contributed by atoms with van der Waals surface area (Å²) in [6, 6.07) is 12.9. The number of nitrogen functional groups attached to an aromatic ring is 1. The number of hydrazine groups is 1. The van der Waals surface area contributed by atoms with Gasteiger partial charge < -0.3 is 10.3 Å². The van der Waals surface area contributed by atoms with Crippen molar-refractivity contribution in [1.29, 1.82) is 0 Å². The lowest BCUT2D eigenvalue weighted by Gasteiger charge is -2.25. The first kappa shape index (κ1) is 22.1. The van der Waals surface area contributed by atoms with Gasteiger partial charge >= 0.3 is 0 Å². The van der Waals surface area contributed by atoms with Gasteiger partial charge in [0, 0.05) is 36.0 Å². The summed E-state index contributed by atoms with van der Waals surface area (Å²) in [7, 11) is 0. The number of carbonyl (C=O) groups excluding carboxylic acids is 2. The van der Waals surface area contributed by atoms with Crippen LogP contribution >= 0.6 is 0 Å². The summed E-state index contributed by atoms with van der Waals surface area (Å²) in [5, 5.41) is 0.613. The maximum absolute atomic E-state index is 12.9. The summed E-state index contributed by atoms with van der Waals surface area (Å²) in [6.45, 7) is 7.44. The first-order valence-corrected chi connectivity index (χ1v) is 10.4. The van der Waals surface area contributed by atoms with E-state index in [-0.39, 0.29) is 11.5 Å². The van der Waals surface area contributed by atoms with Crippen LogP contribution in [0, 0.1) is 0 Å². The third kappa shape index (κ3) is 4.06. The van der Waals surface area contributed by atoms with E-state index in [0.29, 0.717) is 22.0 Å². The van der Waals surface area contributed by atoms with Gasteiger partial charge in [0.2, 0.25) is 11.9 Å². The Hall–Kier alpha value is -4.11. The first-order valence-electron chi connectivity index (χ1n) is 10.4. The molecule has 9 nitrogen and oxygen atoms in total. The molecule has 4 N–H and O–H groups in total. The van der Waals surface area contributed by atoms with Crippen molar-refractivity contribution in [2.45, 2.75) is 33.2 Å². The molecule has 0 fully saturated rings. The van der Waals surface area contributed by atoms with Crippen molar-refractivity contribution < 1.29 is 9.59 Å². The van der Waals surface area contributed by atoms with E-state index in [0.717, 1.165) is 22.2 Å². The predicted molar refractivity (Wildman–Crippen MR) is 127 cm³/mol. The average Bonchev–Trinajstić information content (AvgIpc) is 3.17. The third-order valence-electron chi connectivity index (χ3n) is 5.29. The molecule has 168 valence electrons. The zero-order chi connectivity index (χ0) is 23.9. The van der Waals surface area contributed by atoms with Gasteiger partial charge in [-0.25, -0.2) is 25.8 Å². The SMILES string of the molecule is CC(=O)N(N)C(=O)c1ccccc1-c1nc2cc(-c3cnc(N)nc3)ccc2n1C(C)(C)C. The number of fused-ring (bicyclic) bond motifs is 1. The van der Waals surface area contributed by atoms with Crippen LogP contribution in [0.15, 0.2) is 54.9 Å². The average molecular weight is 444 g/mol. The molecule has 33 heavy (non-hydrogen) atoms. The van der Waals surface area contributed by atoms with Crippen LogP contribution in [0.5, 0.6) is 0 Å². The van der Waals surface area contributed by atoms with Gasteiger partial charge in [0.1, 0.15) is 5.82 Å². The topological polar surface area (TPSA) is 133 Å². The van der Waals surface area contributed by atoms with E-state index in [1.807, 2.05) is 24.3 Å². The summed E-state index contributed by atoms with van der Waals surface area (Å²) in [6.07, 6.45) is 3.33. The Kier molecular flexibility index (Phi) is 5.43. The molecule has 4 rings (SSSR count). The molecule has 2 aromatic carbocycles. The summed E-state index contributed by atoms with van der Waals surface area (Å²) >= 11 is 0. The lowest BCUT2D eigenvalue weighted by atomic mass is 10.0. The molecule has 9 heteroatoms. The van der Waals surface area contributed by atoms with Crippen molar-refractivity contribution >= 4 is 28.8 Å². The first-order chi connectivity index (χ1) is 15.6. The van der Waals surface area contributed by atoms with E-state index in [1.165, 1.54) is 6.92 Å². The molecule has 0 atom stereocenters. The van der Waals surface area contributed by atoms with E-state index < -0.39 is 11.8 Å². The highest BCUT2D eigenvalue weighted by Gasteiger charge is 2.27. The van der Waals surface area contributed by atoms with Gasteiger partial charge in [-0.15, -0.1) is 0 Å². The molecule has 0 saturated carbocycles. The highest BCUT2D eigenvalue weighted by Crippen LogP contribution is 2.34. The Bertz CT molecular complexity index is 1370. The highest BCUT2D eigenvalue weighted by molar-refractivity contribution is 6.07. The van der Waals surface area contributed by atoms with Crippen LogP contribution in [0.25, 0.3) is 33.5 Å². The molecule has 0 radical (unpaired) electrons. The summed E-state index contributed by atoms with van der Waals surface area (Å²) in [5.41, 5.74) is 9.49. The fourth-order valence-electron chi connectivity index (χ4n) is 3.74. The Balaban J connectivity index is 1.94. The molecule has 0 spiro atoms. The number of hydrogen-bond acceptors (Lipinski definition) is 7. The Morgan fingerprint density at radius 1 is 1.00 bits per heavy atom. The van der Waals surface area contributed by atoms with Crippen LogP contribution in [-0.2, 0) is 10.3 Å². The molecule has 0 aliphatic heterocycles. The zero-order valence-corrected chi connectivity index (χ0v) is 18.9. The van der Waals surface area contributed by atoms with Crippen LogP contribution in [0.3, 0.4) is 0 Å². The van der Waals surface area contributed by atoms with Gasteiger partial charge in [-0.1, -0.05) is 24.3 Å². The zero-order valence-electron chi connectivity index (χ0n) is 18.9. The number of anilines is 1. The van der Waals surface area contributed by atoms with Crippen molar-refractivity contribution in [3.05, 3.63) is 60.4 Å². The largest absolute Gasteiger partial charge is 0.368 e. The number of nitrogens with zero attached hydrogens (tertiary/aromatic N) is 5. The molecule has 0 saturated heterocycles. The minimum atomic E-state index is -0.592. The second-order valence-corrected chi connectivity index (χ2v) is 8.71. The van der Waals surface area contributed by atoms with Gasteiger partial charge in [-0.3, -0.25) is 9.59 Å². The lowest BCUT2D eigenvalue weighted by Crippen LogP contribution is -2.41. The van der Waals surface area contributed by atoms with Crippen LogP contribution in [-0.4, -0.2) is 36.3 Å². The molecule has 2 aromatic heterocycles. The third-order valence-corrected chi connectivity index (χ3v) is 5.29. The van der Waals surface area contributed by atoms with E-state index in [1.54, 1.807) is 30.6 Å². The number of aromatic nitrogens is 4. The minimum Gasteiger partial charge on any atom is -0.368 e. The number of imide groups is 1. The Morgan fingerprint density at radius 3 is 2.30 bits per heavy atom. The molecular formula is C24H25N7O2. The van der Waals surface area contributed by atoms with E-state index in [4.69, 9.17) is 16.6 Å². The van der Waals surface area contributed by atoms with Crippen molar-refractivity contribution in [2.75, 3.05) is 5.73 Å². The van der Waals surface area contributed by atoms with Gasteiger partial charge in [0.05, 0.1) is 16.6 Å². The smallest absolute Gasteiger partial charge is 0.275 e. The maximum Gasteiger partial charge on any atom is 0.275 e. The summed E-state index contributed by atoms with van der Waals surface area (Å²) in [5.74, 6) is 5.39. The van der Waals surface area contributed by atoms with Crippen molar-refractivity contribution in [3.63, 3.8) is 0 Å². The molecule has 0 aliphatic rings. The maximum atomic E-state index is 12.9. The van der Waals surface area contributed by atoms with Gasteiger partial charge in [-0.05, 0) is 44.5 Å². The summed E-state index contributed by atoms with van der Waals surface area (Å²) < 4.78 is 2.08. The van der Waals surface area contributed by atoms with Crippen molar-refractivity contribution in [3.8, 4) is 22.5 Å². The number of rotatable bonds is 3. The number of imidazole rings is 1. The van der Waals surface area contributed by atoms with E-state index in [9.17, 15) is 9.59 Å². The minimum absolute atomic E-state index is 0.208. The van der Waals surface area contributed by atoms with Gasteiger partial charge in [-0.2, -0.15) is 0 Å². The molecule has 4 aromatic rings. The number of benzene rings is 2. The molecule has 2 amide bonds. The van der Waals surface area contributed by atoms with Crippen molar-refractivity contribution in [1.82, 2.24) is 24.5 Å². The van der Waals surface area contributed by atoms with Crippen LogP contribution in [0.1, 0.15) is 38.1 Å². The monoisotopic (exact) mass is 443 g/mol. The Morgan fingerprint density at radius 2 is 1.67 bits per heavy atom.